The van der Waals surface area contributed by atoms with Crippen molar-refractivity contribution in [2.45, 2.75) is 38.6 Å². The van der Waals surface area contributed by atoms with Crippen molar-refractivity contribution >= 4 is 5.97 Å². The van der Waals surface area contributed by atoms with Gasteiger partial charge < -0.3 is 15.0 Å². The average molecular weight is 236 g/mol. The van der Waals surface area contributed by atoms with E-state index in [9.17, 15) is 4.79 Å². The van der Waals surface area contributed by atoms with Crippen molar-refractivity contribution in [1.82, 2.24) is 4.57 Å². The Hall–Kier alpha value is -1.29. The van der Waals surface area contributed by atoms with Gasteiger partial charge in [-0.1, -0.05) is 0 Å². The van der Waals surface area contributed by atoms with Gasteiger partial charge in [0.15, 0.2) is 0 Å². The quantitative estimate of drug-likeness (QED) is 0.808. The second-order valence-corrected chi connectivity index (χ2v) is 5.11. The summed E-state index contributed by atoms with van der Waals surface area (Å²) in [7, 11) is 3.39. The van der Waals surface area contributed by atoms with E-state index < -0.39 is 0 Å². The van der Waals surface area contributed by atoms with E-state index in [-0.39, 0.29) is 11.5 Å². The molecule has 17 heavy (non-hydrogen) atoms. The van der Waals surface area contributed by atoms with Crippen molar-refractivity contribution < 1.29 is 9.53 Å². The third-order valence-corrected chi connectivity index (χ3v) is 3.92. The highest BCUT2D eigenvalue weighted by atomic mass is 16.5. The summed E-state index contributed by atoms with van der Waals surface area (Å²) in [6.07, 6.45) is 2.85. The lowest BCUT2D eigenvalue weighted by atomic mass is 10.00. The first kappa shape index (κ1) is 12.2. The van der Waals surface area contributed by atoms with E-state index in [1.54, 1.807) is 0 Å². The van der Waals surface area contributed by atoms with Gasteiger partial charge in [-0.2, -0.15) is 0 Å². The van der Waals surface area contributed by atoms with Crippen molar-refractivity contribution in [3.05, 3.63) is 22.5 Å². The minimum Gasteiger partial charge on any atom is -0.465 e. The molecule has 2 rings (SSSR count). The topological polar surface area (TPSA) is 57.2 Å². The van der Waals surface area contributed by atoms with Gasteiger partial charge in [0.1, 0.15) is 0 Å². The largest absolute Gasteiger partial charge is 0.465 e. The lowest BCUT2D eigenvalue weighted by molar-refractivity contribution is 0.0598. The Morgan fingerprint density at radius 2 is 2.00 bits per heavy atom. The molecule has 0 bridgehead atoms. The van der Waals surface area contributed by atoms with E-state index in [2.05, 4.69) is 0 Å². The molecule has 0 atom stereocenters. The molecule has 1 aliphatic rings. The SMILES string of the molecule is COC(=O)c1c(CC2(N)CC2)c(C)n(C)c1C. The van der Waals surface area contributed by atoms with Crippen molar-refractivity contribution in [3.63, 3.8) is 0 Å². The zero-order valence-corrected chi connectivity index (χ0v) is 11.0. The normalized spacial score (nSPS) is 17.0. The van der Waals surface area contributed by atoms with Crippen LogP contribution < -0.4 is 5.73 Å². The van der Waals surface area contributed by atoms with E-state index in [0.29, 0.717) is 5.56 Å². The molecule has 1 aromatic rings. The van der Waals surface area contributed by atoms with Crippen LogP contribution in [0.5, 0.6) is 0 Å². The summed E-state index contributed by atoms with van der Waals surface area (Å²) in [5.74, 6) is -0.259. The fourth-order valence-corrected chi connectivity index (χ4v) is 2.30. The lowest BCUT2D eigenvalue weighted by Gasteiger charge is -2.10. The number of nitrogens with zero attached hydrogens (tertiary/aromatic N) is 1. The fraction of sp³-hybridized carbons (Fsp3) is 0.615. The molecule has 1 aromatic heterocycles. The van der Waals surface area contributed by atoms with E-state index in [4.69, 9.17) is 10.5 Å². The number of aromatic nitrogens is 1. The summed E-state index contributed by atoms with van der Waals surface area (Å²) >= 11 is 0. The Labute approximate surface area is 102 Å². The van der Waals surface area contributed by atoms with Gasteiger partial charge in [0.05, 0.1) is 12.7 Å². The van der Waals surface area contributed by atoms with Gasteiger partial charge in [-0.3, -0.25) is 0 Å². The molecule has 0 spiro atoms. The molecule has 0 radical (unpaired) electrons. The van der Waals surface area contributed by atoms with Crippen LogP contribution in [0.2, 0.25) is 0 Å². The molecule has 0 unspecified atom stereocenters. The number of ether oxygens (including phenoxy) is 1. The van der Waals surface area contributed by atoms with Gasteiger partial charge in [0.2, 0.25) is 0 Å². The van der Waals surface area contributed by atoms with Crippen molar-refractivity contribution in [2.24, 2.45) is 12.8 Å². The second-order valence-electron chi connectivity index (χ2n) is 5.11. The molecule has 1 heterocycles. The zero-order chi connectivity index (χ0) is 12.8. The molecule has 0 aromatic carbocycles. The molecule has 0 aliphatic heterocycles. The number of carbonyl (C=O) groups is 1. The Bertz CT molecular complexity index is 470. The maximum atomic E-state index is 11.9. The monoisotopic (exact) mass is 236 g/mol. The van der Waals surface area contributed by atoms with Crippen LogP contribution in [0.4, 0.5) is 0 Å². The van der Waals surface area contributed by atoms with Gasteiger partial charge in [-0.25, -0.2) is 4.79 Å². The van der Waals surface area contributed by atoms with E-state index in [0.717, 1.165) is 36.2 Å². The molecule has 1 saturated carbocycles. The molecular weight excluding hydrogens is 216 g/mol. The maximum absolute atomic E-state index is 11.9. The van der Waals surface area contributed by atoms with Crippen molar-refractivity contribution in [2.75, 3.05) is 7.11 Å². The summed E-state index contributed by atoms with van der Waals surface area (Å²) in [6.45, 7) is 3.97. The van der Waals surface area contributed by atoms with Gasteiger partial charge >= 0.3 is 5.97 Å². The Kier molecular flexibility index (Phi) is 2.78. The Morgan fingerprint density at radius 1 is 1.41 bits per heavy atom. The molecule has 4 heteroatoms. The number of methoxy groups -OCH3 is 1. The molecule has 1 fully saturated rings. The van der Waals surface area contributed by atoms with Crippen LogP contribution in [-0.4, -0.2) is 23.2 Å². The number of hydrogen-bond donors (Lipinski definition) is 1. The molecular formula is C13H20N2O2. The highest BCUT2D eigenvalue weighted by Crippen LogP contribution is 2.38. The predicted molar refractivity (Wildman–Crippen MR) is 66.1 cm³/mol. The smallest absolute Gasteiger partial charge is 0.339 e. The van der Waals surface area contributed by atoms with Crippen molar-refractivity contribution in [3.8, 4) is 0 Å². The number of rotatable bonds is 3. The highest BCUT2D eigenvalue weighted by molar-refractivity contribution is 5.93. The molecule has 0 amide bonds. The van der Waals surface area contributed by atoms with E-state index in [1.807, 2.05) is 25.5 Å². The first-order valence-corrected chi connectivity index (χ1v) is 5.91. The van der Waals surface area contributed by atoms with E-state index in [1.165, 1.54) is 7.11 Å². The summed E-state index contributed by atoms with van der Waals surface area (Å²) in [5.41, 5.74) is 9.87. The van der Waals surface area contributed by atoms with Crippen LogP contribution in [0.15, 0.2) is 0 Å². The fourth-order valence-electron chi connectivity index (χ4n) is 2.30. The average Bonchev–Trinajstić information content (AvgIpc) is 2.99. The third kappa shape index (κ3) is 1.97. The Balaban J connectivity index is 2.47. The maximum Gasteiger partial charge on any atom is 0.339 e. The number of hydrogen-bond acceptors (Lipinski definition) is 3. The van der Waals surface area contributed by atoms with Crippen LogP contribution in [0.1, 0.15) is 40.2 Å². The van der Waals surface area contributed by atoms with Crippen LogP contribution in [0.3, 0.4) is 0 Å². The molecule has 1 aliphatic carbocycles. The summed E-state index contributed by atoms with van der Waals surface area (Å²) in [6, 6.07) is 0. The summed E-state index contributed by atoms with van der Waals surface area (Å²) < 4.78 is 6.90. The minimum atomic E-state index is -0.259. The third-order valence-electron chi connectivity index (χ3n) is 3.92. The van der Waals surface area contributed by atoms with Crippen LogP contribution in [0.25, 0.3) is 0 Å². The number of carbonyl (C=O) groups excluding carboxylic acids is 1. The van der Waals surface area contributed by atoms with Crippen LogP contribution in [0, 0.1) is 13.8 Å². The minimum absolute atomic E-state index is 0.0959. The second kappa shape index (κ2) is 3.88. The standard InChI is InChI=1S/C13H20N2O2/c1-8-10(7-13(14)5-6-13)11(12(16)17-4)9(2)15(8)3/h5-7,14H2,1-4H3. The van der Waals surface area contributed by atoms with Gasteiger partial charge in [0.25, 0.3) is 0 Å². The molecule has 94 valence electrons. The zero-order valence-electron chi connectivity index (χ0n) is 11.0. The van der Waals surface area contributed by atoms with E-state index >= 15 is 0 Å². The highest BCUT2D eigenvalue weighted by Gasteiger charge is 2.40. The molecule has 2 N–H and O–H groups in total. The number of esters is 1. The van der Waals surface area contributed by atoms with Crippen LogP contribution >= 0.6 is 0 Å². The molecule has 0 saturated heterocycles. The summed E-state index contributed by atoms with van der Waals surface area (Å²) in [4.78, 5) is 11.9. The van der Waals surface area contributed by atoms with Gasteiger partial charge in [-0.05, 0) is 38.7 Å². The molecule has 4 nitrogen and oxygen atoms in total. The van der Waals surface area contributed by atoms with Crippen molar-refractivity contribution in [1.29, 1.82) is 0 Å². The summed E-state index contributed by atoms with van der Waals surface area (Å²) in [5, 5.41) is 0. The van der Waals surface area contributed by atoms with Gasteiger partial charge in [-0.15, -0.1) is 0 Å². The first-order chi connectivity index (χ1) is 7.89. The first-order valence-electron chi connectivity index (χ1n) is 5.91. The predicted octanol–water partition coefficient (Wildman–Crippen LogP) is 1.46. The number of nitrogens with two attached hydrogens (primary N) is 1. The van der Waals surface area contributed by atoms with Gasteiger partial charge in [0, 0.05) is 24.0 Å². The van der Waals surface area contributed by atoms with Crippen LogP contribution in [-0.2, 0) is 18.2 Å². The lowest BCUT2D eigenvalue weighted by Crippen LogP contribution is -2.25. The Morgan fingerprint density at radius 3 is 2.47 bits per heavy atom.